The van der Waals surface area contributed by atoms with Crippen LogP contribution in [0.4, 0.5) is 5.95 Å². The molecule has 0 saturated carbocycles. The van der Waals surface area contributed by atoms with Gasteiger partial charge in [0.15, 0.2) is 0 Å². The first-order valence-corrected chi connectivity index (χ1v) is 7.44. The van der Waals surface area contributed by atoms with Crippen molar-refractivity contribution >= 4 is 32.9 Å². The van der Waals surface area contributed by atoms with Gasteiger partial charge in [-0.25, -0.2) is 4.98 Å². The van der Waals surface area contributed by atoms with E-state index in [1.165, 1.54) is 0 Å². The minimum atomic E-state index is 0.172. The maximum atomic E-state index is 5.71. The monoisotopic (exact) mass is 322 g/mol. The summed E-state index contributed by atoms with van der Waals surface area (Å²) in [6.45, 7) is 3.59. The summed E-state index contributed by atoms with van der Waals surface area (Å²) in [5.74, 6) is 0.681. The molecular weight excluding hydrogens is 308 g/mol. The zero-order chi connectivity index (χ0) is 13.2. The molecule has 2 heterocycles. The molecule has 1 saturated heterocycles. The second-order valence-electron chi connectivity index (χ2n) is 4.71. The topological polar surface area (TPSA) is 51.1 Å². The molecule has 0 aliphatic carbocycles. The van der Waals surface area contributed by atoms with E-state index in [0.29, 0.717) is 12.6 Å². The second-order valence-corrected chi connectivity index (χ2v) is 5.36. The van der Waals surface area contributed by atoms with Gasteiger partial charge in [-0.15, -0.1) is 10.2 Å². The third-order valence-electron chi connectivity index (χ3n) is 3.28. The van der Waals surface area contributed by atoms with E-state index in [1.54, 1.807) is 0 Å². The third-order valence-corrected chi connectivity index (χ3v) is 4.01. The number of halogens is 1. The molecule has 1 aromatic carbocycles. The Morgan fingerprint density at radius 2 is 2.11 bits per heavy atom. The van der Waals surface area contributed by atoms with E-state index >= 15 is 0 Å². The lowest BCUT2D eigenvalue weighted by molar-refractivity contribution is 0.0372. The zero-order valence-corrected chi connectivity index (χ0v) is 12.2. The van der Waals surface area contributed by atoms with E-state index in [0.717, 1.165) is 22.9 Å². The Hall–Kier alpha value is -1.27. The number of ether oxygens (including phenoxy) is 1. The van der Waals surface area contributed by atoms with Crippen LogP contribution in [0, 0.1) is 0 Å². The summed E-state index contributed by atoms with van der Waals surface area (Å²) < 4.78 is 5.71. The van der Waals surface area contributed by atoms with Crippen LogP contribution in [0.1, 0.15) is 6.92 Å². The Morgan fingerprint density at radius 1 is 1.32 bits per heavy atom. The molecule has 0 spiro atoms. The van der Waals surface area contributed by atoms with E-state index < -0.39 is 0 Å². The first-order valence-electron chi connectivity index (χ1n) is 6.31. The van der Waals surface area contributed by atoms with Gasteiger partial charge in [-0.2, -0.15) is 0 Å². The van der Waals surface area contributed by atoms with Gasteiger partial charge in [0.05, 0.1) is 24.3 Å². The van der Waals surface area contributed by atoms with E-state index in [1.807, 2.05) is 24.3 Å². The quantitative estimate of drug-likeness (QED) is 0.792. The Kier molecular flexibility index (Phi) is 3.61. The molecule has 6 heteroatoms. The molecule has 0 radical (unpaired) electrons. The molecule has 2 atom stereocenters. The van der Waals surface area contributed by atoms with Crippen molar-refractivity contribution in [2.75, 3.05) is 23.4 Å². The van der Waals surface area contributed by atoms with Gasteiger partial charge < -0.3 is 9.64 Å². The second kappa shape index (κ2) is 5.38. The minimum Gasteiger partial charge on any atom is -0.373 e. The molecule has 2 unspecified atom stereocenters. The number of morpholine rings is 1. The van der Waals surface area contributed by atoms with Gasteiger partial charge in [-0.05, 0) is 19.1 Å². The predicted octanol–water partition coefficient (Wildman–Crippen LogP) is 2.01. The van der Waals surface area contributed by atoms with E-state index in [-0.39, 0.29) is 12.1 Å². The highest BCUT2D eigenvalue weighted by molar-refractivity contribution is 9.09. The predicted molar refractivity (Wildman–Crippen MR) is 77.7 cm³/mol. The van der Waals surface area contributed by atoms with Crippen LogP contribution in [-0.2, 0) is 4.74 Å². The molecule has 2 aromatic rings. The van der Waals surface area contributed by atoms with Crippen molar-refractivity contribution in [3.63, 3.8) is 0 Å². The third kappa shape index (κ3) is 2.55. The molecular formula is C13H15BrN4O. The fraction of sp³-hybridized carbons (Fsp3) is 0.462. The van der Waals surface area contributed by atoms with Gasteiger partial charge in [0, 0.05) is 11.9 Å². The van der Waals surface area contributed by atoms with Crippen LogP contribution in [0.25, 0.3) is 11.0 Å². The summed E-state index contributed by atoms with van der Waals surface area (Å²) in [4.78, 5) is 6.76. The maximum absolute atomic E-state index is 5.71. The Morgan fingerprint density at radius 3 is 2.89 bits per heavy atom. The fourth-order valence-corrected chi connectivity index (χ4v) is 2.57. The van der Waals surface area contributed by atoms with Crippen molar-refractivity contribution in [3.8, 4) is 0 Å². The number of hydrogen-bond acceptors (Lipinski definition) is 5. The number of hydrogen-bond donors (Lipinski definition) is 0. The van der Waals surface area contributed by atoms with Crippen molar-refractivity contribution in [2.24, 2.45) is 0 Å². The highest BCUT2D eigenvalue weighted by atomic mass is 79.9. The molecule has 100 valence electrons. The van der Waals surface area contributed by atoms with Gasteiger partial charge >= 0.3 is 0 Å². The average Bonchev–Trinajstić information content (AvgIpc) is 2.47. The van der Waals surface area contributed by atoms with E-state index in [4.69, 9.17) is 4.74 Å². The Bertz CT molecular complexity index is 579. The van der Waals surface area contributed by atoms with Gasteiger partial charge in [0.1, 0.15) is 5.52 Å². The SMILES string of the molecule is CC1COC(CBr)CN1c1nnc2ccccc2n1. The molecule has 3 rings (SSSR count). The van der Waals surface area contributed by atoms with E-state index in [9.17, 15) is 0 Å². The molecule has 1 fully saturated rings. The number of benzene rings is 1. The summed E-state index contributed by atoms with van der Waals surface area (Å²) in [6.07, 6.45) is 0.172. The first-order chi connectivity index (χ1) is 9.28. The van der Waals surface area contributed by atoms with Gasteiger partial charge in [0.25, 0.3) is 0 Å². The van der Waals surface area contributed by atoms with Crippen molar-refractivity contribution < 1.29 is 4.74 Å². The lowest BCUT2D eigenvalue weighted by Gasteiger charge is -2.37. The molecule has 1 aliphatic rings. The molecule has 0 bridgehead atoms. The summed E-state index contributed by atoms with van der Waals surface area (Å²) in [5.41, 5.74) is 1.70. The van der Waals surface area contributed by atoms with Gasteiger partial charge in [0.2, 0.25) is 5.95 Å². The summed E-state index contributed by atoms with van der Waals surface area (Å²) in [6, 6.07) is 8.05. The Labute approximate surface area is 120 Å². The van der Waals surface area contributed by atoms with E-state index in [2.05, 4.69) is 42.9 Å². The Balaban J connectivity index is 1.93. The molecule has 0 N–H and O–H groups in total. The number of fused-ring (bicyclic) bond motifs is 1. The van der Waals surface area contributed by atoms with Crippen LogP contribution < -0.4 is 4.90 Å². The van der Waals surface area contributed by atoms with Crippen LogP contribution in [0.3, 0.4) is 0 Å². The highest BCUT2D eigenvalue weighted by Gasteiger charge is 2.27. The summed E-state index contributed by atoms with van der Waals surface area (Å²) in [7, 11) is 0. The number of aromatic nitrogens is 3. The van der Waals surface area contributed by atoms with Crippen LogP contribution in [0.2, 0.25) is 0 Å². The maximum Gasteiger partial charge on any atom is 0.246 e. The van der Waals surface area contributed by atoms with Gasteiger partial charge in [-0.1, -0.05) is 28.1 Å². The fourth-order valence-electron chi connectivity index (χ4n) is 2.18. The smallest absolute Gasteiger partial charge is 0.246 e. The number of alkyl halides is 1. The molecule has 5 nitrogen and oxygen atoms in total. The summed E-state index contributed by atoms with van der Waals surface area (Å²) >= 11 is 3.46. The largest absolute Gasteiger partial charge is 0.373 e. The van der Waals surface area contributed by atoms with Crippen molar-refractivity contribution in [3.05, 3.63) is 24.3 Å². The number of rotatable bonds is 2. The first kappa shape index (κ1) is 12.7. The normalized spacial score (nSPS) is 23.8. The number of nitrogens with zero attached hydrogens (tertiary/aromatic N) is 4. The highest BCUT2D eigenvalue weighted by Crippen LogP contribution is 2.20. The molecule has 0 amide bonds. The van der Waals surface area contributed by atoms with Crippen LogP contribution in [-0.4, -0.2) is 45.8 Å². The zero-order valence-electron chi connectivity index (χ0n) is 10.7. The number of para-hydroxylation sites is 1. The van der Waals surface area contributed by atoms with Crippen molar-refractivity contribution in [2.45, 2.75) is 19.1 Å². The van der Waals surface area contributed by atoms with Gasteiger partial charge in [-0.3, -0.25) is 0 Å². The lowest BCUT2D eigenvalue weighted by atomic mass is 10.2. The van der Waals surface area contributed by atoms with Crippen LogP contribution in [0.5, 0.6) is 0 Å². The summed E-state index contributed by atoms with van der Waals surface area (Å²) in [5, 5.41) is 9.30. The average molecular weight is 323 g/mol. The van der Waals surface area contributed by atoms with Crippen LogP contribution >= 0.6 is 15.9 Å². The number of anilines is 1. The molecule has 1 aromatic heterocycles. The lowest BCUT2D eigenvalue weighted by Crippen LogP contribution is -2.49. The van der Waals surface area contributed by atoms with Crippen molar-refractivity contribution in [1.29, 1.82) is 0 Å². The standard InChI is InChI=1S/C13H15BrN4O/c1-9-8-19-10(6-14)7-18(9)13-15-11-4-2-3-5-12(11)16-17-13/h2-5,9-10H,6-8H2,1H3. The molecule has 19 heavy (non-hydrogen) atoms. The van der Waals surface area contributed by atoms with Crippen LogP contribution in [0.15, 0.2) is 24.3 Å². The molecule has 1 aliphatic heterocycles. The van der Waals surface area contributed by atoms with Crippen molar-refractivity contribution in [1.82, 2.24) is 15.2 Å². The minimum absolute atomic E-state index is 0.172.